The summed E-state index contributed by atoms with van der Waals surface area (Å²) in [5, 5.41) is 6.90. The van der Waals surface area contributed by atoms with Crippen molar-refractivity contribution in [2.24, 2.45) is 0 Å². The minimum atomic E-state index is -0.145. The van der Waals surface area contributed by atoms with Crippen LogP contribution in [0.5, 0.6) is 5.75 Å². The maximum absolute atomic E-state index is 12.7. The third-order valence-corrected chi connectivity index (χ3v) is 4.46. The van der Waals surface area contributed by atoms with Gasteiger partial charge in [0.05, 0.1) is 0 Å². The summed E-state index contributed by atoms with van der Waals surface area (Å²) in [5.74, 6) is 1.90. The molecule has 0 spiro atoms. The van der Waals surface area contributed by atoms with Gasteiger partial charge in [-0.1, -0.05) is 44.1 Å². The lowest BCUT2D eigenvalue weighted by atomic mass is 9.98. The van der Waals surface area contributed by atoms with Gasteiger partial charge < -0.3 is 14.6 Å². The molecule has 0 fully saturated rings. The molecule has 1 aromatic heterocycles. The Hall–Kier alpha value is -3.15. The first-order valence-electron chi connectivity index (χ1n) is 9.43. The molecular weight excluding hydrogens is 354 g/mol. The third kappa shape index (κ3) is 4.57. The van der Waals surface area contributed by atoms with Gasteiger partial charge in [-0.25, -0.2) is 0 Å². The summed E-state index contributed by atoms with van der Waals surface area (Å²) in [5.41, 5.74) is 3.62. The summed E-state index contributed by atoms with van der Waals surface area (Å²) >= 11 is 0. The maximum Gasteiger partial charge on any atom is 0.255 e. The fourth-order valence-electron chi connectivity index (χ4n) is 2.87. The lowest BCUT2D eigenvalue weighted by Gasteiger charge is -2.16. The van der Waals surface area contributed by atoms with Crippen LogP contribution < -0.4 is 10.1 Å². The molecule has 1 amide bonds. The van der Waals surface area contributed by atoms with Crippen molar-refractivity contribution in [3.63, 3.8) is 0 Å². The SMILES string of the molecule is CCc1nc(COc2ccc(C(=O)Nc3c(C)cccc3C(C)C)cc2)no1. The molecule has 0 aliphatic carbocycles. The highest BCUT2D eigenvalue weighted by Crippen LogP contribution is 2.28. The van der Waals surface area contributed by atoms with Crippen molar-refractivity contribution in [1.82, 2.24) is 10.1 Å². The van der Waals surface area contributed by atoms with Crippen LogP contribution in [0.1, 0.15) is 59.9 Å². The van der Waals surface area contributed by atoms with Crippen LogP contribution in [0, 0.1) is 6.92 Å². The fraction of sp³-hybridized carbons (Fsp3) is 0.318. The summed E-state index contributed by atoms with van der Waals surface area (Å²) in [6, 6.07) is 13.1. The van der Waals surface area contributed by atoms with Crippen molar-refractivity contribution in [2.45, 2.75) is 46.6 Å². The van der Waals surface area contributed by atoms with E-state index in [4.69, 9.17) is 9.26 Å². The lowest BCUT2D eigenvalue weighted by Crippen LogP contribution is -2.14. The Balaban J connectivity index is 1.65. The summed E-state index contributed by atoms with van der Waals surface area (Å²) in [6.07, 6.45) is 0.691. The van der Waals surface area contributed by atoms with Crippen LogP contribution >= 0.6 is 0 Å². The summed E-state index contributed by atoms with van der Waals surface area (Å²) in [4.78, 5) is 16.9. The zero-order chi connectivity index (χ0) is 20.1. The van der Waals surface area contributed by atoms with E-state index < -0.39 is 0 Å². The molecule has 3 rings (SSSR count). The van der Waals surface area contributed by atoms with E-state index in [1.807, 2.05) is 32.0 Å². The van der Waals surface area contributed by atoms with Crippen LogP contribution in [0.25, 0.3) is 0 Å². The first-order chi connectivity index (χ1) is 13.5. The average Bonchev–Trinajstić information content (AvgIpc) is 3.16. The zero-order valence-corrected chi connectivity index (χ0v) is 16.7. The first kappa shape index (κ1) is 19.6. The van der Waals surface area contributed by atoms with Gasteiger partial charge in [0.1, 0.15) is 5.75 Å². The number of nitrogens with zero attached hydrogens (tertiary/aromatic N) is 2. The van der Waals surface area contributed by atoms with Crippen molar-refractivity contribution in [3.05, 3.63) is 70.9 Å². The number of carbonyl (C=O) groups is 1. The summed E-state index contributed by atoms with van der Waals surface area (Å²) in [7, 11) is 0. The molecule has 6 heteroatoms. The molecule has 28 heavy (non-hydrogen) atoms. The number of rotatable bonds is 7. The van der Waals surface area contributed by atoms with Crippen LogP contribution in [-0.2, 0) is 13.0 Å². The number of para-hydroxylation sites is 1. The normalized spacial score (nSPS) is 10.9. The summed E-state index contributed by atoms with van der Waals surface area (Å²) < 4.78 is 10.7. The van der Waals surface area contributed by atoms with E-state index in [1.54, 1.807) is 24.3 Å². The lowest BCUT2D eigenvalue weighted by molar-refractivity contribution is 0.102. The predicted octanol–water partition coefficient (Wildman–Crippen LogP) is 4.90. The minimum Gasteiger partial charge on any atom is -0.485 e. The van der Waals surface area contributed by atoms with Crippen molar-refractivity contribution in [3.8, 4) is 5.75 Å². The Labute approximate surface area is 164 Å². The molecule has 1 N–H and O–H groups in total. The fourth-order valence-corrected chi connectivity index (χ4v) is 2.87. The number of anilines is 1. The molecule has 0 radical (unpaired) electrons. The standard InChI is InChI=1S/C22H25N3O3/c1-5-20-23-19(25-28-20)13-27-17-11-9-16(10-12-17)22(26)24-21-15(4)7-6-8-18(21)14(2)3/h6-12,14H,5,13H2,1-4H3,(H,24,26). The summed E-state index contributed by atoms with van der Waals surface area (Å²) in [6.45, 7) is 8.40. The van der Waals surface area contributed by atoms with E-state index in [-0.39, 0.29) is 12.5 Å². The van der Waals surface area contributed by atoms with Crippen LogP contribution in [-0.4, -0.2) is 16.0 Å². The Kier molecular flexibility index (Phi) is 6.09. The van der Waals surface area contributed by atoms with E-state index in [2.05, 4.69) is 29.3 Å². The van der Waals surface area contributed by atoms with Gasteiger partial charge in [0.2, 0.25) is 11.7 Å². The molecule has 0 bridgehead atoms. The van der Waals surface area contributed by atoms with Gasteiger partial charge >= 0.3 is 0 Å². The number of carbonyl (C=O) groups excluding carboxylic acids is 1. The number of hydrogen-bond acceptors (Lipinski definition) is 5. The van der Waals surface area contributed by atoms with Crippen LogP contribution in [0.3, 0.4) is 0 Å². The number of hydrogen-bond donors (Lipinski definition) is 1. The van der Waals surface area contributed by atoms with Gasteiger partial charge in [0, 0.05) is 17.7 Å². The molecule has 0 aliphatic rings. The minimum absolute atomic E-state index is 0.145. The largest absolute Gasteiger partial charge is 0.485 e. The second-order valence-corrected chi connectivity index (χ2v) is 6.92. The highest BCUT2D eigenvalue weighted by atomic mass is 16.5. The van der Waals surface area contributed by atoms with E-state index in [9.17, 15) is 4.79 Å². The van der Waals surface area contributed by atoms with E-state index in [1.165, 1.54) is 0 Å². The molecule has 1 heterocycles. The van der Waals surface area contributed by atoms with E-state index in [0.29, 0.717) is 35.4 Å². The Morgan fingerprint density at radius 1 is 1.18 bits per heavy atom. The monoisotopic (exact) mass is 379 g/mol. The topological polar surface area (TPSA) is 77.2 Å². The van der Waals surface area contributed by atoms with E-state index >= 15 is 0 Å². The number of aryl methyl sites for hydroxylation is 2. The molecule has 3 aromatic rings. The number of aromatic nitrogens is 2. The molecule has 0 unspecified atom stereocenters. The quantitative estimate of drug-likeness (QED) is 0.632. The number of amides is 1. The molecule has 0 saturated heterocycles. The number of benzene rings is 2. The molecule has 6 nitrogen and oxygen atoms in total. The smallest absolute Gasteiger partial charge is 0.255 e. The van der Waals surface area contributed by atoms with Crippen LogP contribution in [0.2, 0.25) is 0 Å². The Bertz CT molecular complexity index is 946. The Morgan fingerprint density at radius 3 is 2.57 bits per heavy atom. The van der Waals surface area contributed by atoms with Gasteiger partial charge in [-0.05, 0) is 48.2 Å². The van der Waals surface area contributed by atoms with Crippen molar-refractivity contribution in [1.29, 1.82) is 0 Å². The molecule has 0 saturated carbocycles. The van der Waals surface area contributed by atoms with Gasteiger partial charge in [0.25, 0.3) is 5.91 Å². The second kappa shape index (κ2) is 8.69. The van der Waals surface area contributed by atoms with Crippen LogP contribution in [0.4, 0.5) is 5.69 Å². The highest BCUT2D eigenvalue weighted by Gasteiger charge is 2.13. The van der Waals surface area contributed by atoms with Gasteiger partial charge in [-0.15, -0.1) is 0 Å². The molecular formula is C22H25N3O3. The maximum atomic E-state index is 12.7. The third-order valence-electron chi connectivity index (χ3n) is 4.46. The molecule has 0 atom stereocenters. The molecule has 2 aromatic carbocycles. The molecule has 146 valence electrons. The zero-order valence-electron chi connectivity index (χ0n) is 16.7. The van der Waals surface area contributed by atoms with Crippen molar-refractivity contribution >= 4 is 11.6 Å². The second-order valence-electron chi connectivity index (χ2n) is 6.92. The van der Waals surface area contributed by atoms with Gasteiger partial charge in [-0.2, -0.15) is 4.98 Å². The number of ether oxygens (including phenoxy) is 1. The van der Waals surface area contributed by atoms with E-state index in [0.717, 1.165) is 16.8 Å². The average molecular weight is 379 g/mol. The molecule has 0 aliphatic heterocycles. The van der Waals surface area contributed by atoms with Crippen LogP contribution in [0.15, 0.2) is 47.0 Å². The predicted molar refractivity (Wildman–Crippen MR) is 108 cm³/mol. The van der Waals surface area contributed by atoms with Crippen molar-refractivity contribution in [2.75, 3.05) is 5.32 Å². The van der Waals surface area contributed by atoms with Crippen molar-refractivity contribution < 1.29 is 14.1 Å². The Morgan fingerprint density at radius 2 is 1.93 bits per heavy atom. The highest BCUT2D eigenvalue weighted by molar-refractivity contribution is 6.05. The van der Waals surface area contributed by atoms with Gasteiger partial charge in [-0.3, -0.25) is 4.79 Å². The first-order valence-corrected chi connectivity index (χ1v) is 9.43. The number of nitrogens with one attached hydrogen (secondary N) is 1. The van der Waals surface area contributed by atoms with Gasteiger partial charge in [0.15, 0.2) is 6.61 Å².